The quantitative estimate of drug-likeness (QED) is 0.622. The van der Waals surface area contributed by atoms with Crippen molar-refractivity contribution in [2.45, 2.75) is 6.42 Å². The van der Waals surface area contributed by atoms with Crippen LogP contribution in [-0.4, -0.2) is 14.5 Å². The normalized spacial score (nSPS) is 9.70. The van der Waals surface area contributed by atoms with E-state index in [9.17, 15) is 0 Å². The third-order valence-corrected chi connectivity index (χ3v) is 1.40. The lowest BCUT2D eigenvalue weighted by Gasteiger charge is -1.97. The van der Waals surface area contributed by atoms with Crippen LogP contribution in [0.5, 0.6) is 0 Å². The van der Waals surface area contributed by atoms with Gasteiger partial charge in [-0.2, -0.15) is 0 Å². The van der Waals surface area contributed by atoms with E-state index in [4.69, 9.17) is 18.0 Å². The minimum Gasteiger partial charge on any atom is -0.393 e. The maximum absolute atomic E-state index is 5.33. The van der Waals surface area contributed by atoms with Crippen LogP contribution in [0.2, 0.25) is 0 Å². The van der Waals surface area contributed by atoms with Gasteiger partial charge in [0, 0.05) is 19.4 Å². The van der Waals surface area contributed by atoms with Crippen molar-refractivity contribution in [2.24, 2.45) is 12.8 Å². The molecule has 2 N–H and O–H groups in total. The summed E-state index contributed by atoms with van der Waals surface area (Å²) in [6.45, 7) is 0. The molecule has 0 bridgehead atoms. The van der Waals surface area contributed by atoms with Crippen LogP contribution in [0.15, 0.2) is 12.4 Å². The molecule has 3 nitrogen and oxygen atoms in total. The number of rotatable bonds is 2. The monoisotopic (exact) mass is 155 g/mol. The molecule has 1 rings (SSSR count). The zero-order valence-corrected chi connectivity index (χ0v) is 6.56. The molecule has 0 spiro atoms. The molecular formula is C6H9N3S. The van der Waals surface area contributed by atoms with Crippen LogP contribution < -0.4 is 5.73 Å². The number of thiocarbonyl (C=S) groups is 1. The maximum Gasteiger partial charge on any atom is 0.115 e. The van der Waals surface area contributed by atoms with E-state index in [1.54, 1.807) is 6.20 Å². The van der Waals surface area contributed by atoms with Crippen LogP contribution in [0, 0.1) is 0 Å². The first-order chi connectivity index (χ1) is 4.70. The molecule has 0 aliphatic heterocycles. The smallest absolute Gasteiger partial charge is 0.115 e. The Balaban J connectivity index is 2.74. The SMILES string of the molecule is Cn1ccnc1CC(N)=S. The minimum absolute atomic E-state index is 0.481. The van der Waals surface area contributed by atoms with Crippen LogP contribution in [0.4, 0.5) is 0 Å². The number of nitrogens with zero attached hydrogens (tertiary/aromatic N) is 2. The van der Waals surface area contributed by atoms with Crippen LogP contribution in [-0.2, 0) is 13.5 Å². The Morgan fingerprint density at radius 3 is 3.00 bits per heavy atom. The summed E-state index contributed by atoms with van der Waals surface area (Å²) in [7, 11) is 1.92. The average molecular weight is 155 g/mol. The Morgan fingerprint density at radius 1 is 1.90 bits per heavy atom. The highest BCUT2D eigenvalue weighted by Gasteiger charge is 1.98. The summed E-state index contributed by atoms with van der Waals surface area (Å²) in [6.07, 6.45) is 4.18. The molecule has 1 aromatic rings. The Morgan fingerprint density at radius 2 is 2.60 bits per heavy atom. The van der Waals surface area contributed by atoms with E-state index in [0.717, 1.165) is 5.82 Å². The number of aryl methyl sites for hydroxylation is 1. The maximum atomic E-state index is 5.33. The lowest BCUT2D eigenvalue weighted by molar-refractivity contribution is 0.840. The summed E-state index contributed by atoms with van der Waals surface area (Å²) in [5.41, 5.74) is 5.33. The molecule has 0 unspecified atom stereocenters. The summed E-state index contributed by atoms with van der Waals surface area (Å²) >= 11 is 4.73. The Kier molecular flexibility index (Phi) is 2.01. The summed E-state index contributed by atoms with van der Waals surface area (Å²) in [5.74, 6) is 0.910. The van der Waals surface area contributed by atoms with Crippen molar-refractivity contribution in [1.29, 1.82) is 0 Å². The molecule has 0 aromatic carbocycles. The molecule has 54 valence electrons. The third kappa shape index (κ3) is 1.54. The number of hydrogen-bond acceptors (Lipinski definition) is 2. The predicted octanol–water partition coefficient (Wildman–Crippen LogP) is 0.249. The van der Waals surface area contributed by atoms with Crippen molar-refractivity contribution in [3.8, 4) is 0 Å². The van der Waals surface area contributed by atoms with Crippen molar-refractivity contribution in [2.75, 3.05) is 0 Å². The first-order valence-electron chi connectivity index (χ1n) is 2.94. The van der Waals surface area contributed by atoms with Gasteiger partial charge in [-0.25, -0.2) is 4.98 Å². The first-order valence-corrected chi connectivity index (χ1v) is 3.35. The van der Waals surface area contributed by atoms with E-state index < -0.39 is 0 Å². The minimum atomic E-state index is 0.481. The second-order valence-corrected chi connectivity index (χ2v) is 2.62. The molecule has 0 saturated heterocycles. The highest BCUT2D eigenvalue weighted by Crippen LogP contribution is 1.94. The molecule has 0 atom stereocenters. The van der Waals surface area contributed by atoms with Gasteiger partial charge in [-0.1, -0.05) is 12.2 Å². The largest absolute Gasteiger partial charge is 0.393 e. The van der Waals surface area contributed by atoms with Crippen LogP contribution in [0.1, 0.15) is 5.82 Å². The van der Waals surface area contributed by atoms with Gasteiger partial charge in [-0.05, 0) is 0 Å². The molecular weight excluding hydrogens is 146 g/mol. The van der Waals surface area contributed by atoms with Gasteiger partial charge >= 0.3 is 0 Å². The van der Waals surface area contributed by atoms with E-state index in [1.165, 1.54) is 0 Å². The molecule has 0 fully saturated rings. The van der Waals surface area contributed by atoms with Gasteiger partial charge in [0.15, 0.2) is 0 Å². The van der Waals surface area contributed by atoms with E-state index >= 15 is 0 Å². The van der Waals surface area contributed by atoms with Gasteiger partial charge in [0.25, 0.3) is 0 Å². The van der Waals surface area contributed by atoms with Gasteiger partial charge in [-0.15, -0.1) is 0 Å². The van der Waals surface area contributed by atoms with Crippen LogP contribution >= 0.6 is 12.2 Å². The van der Waals surface area contributed by atoms with Gasteiger partial charge < -0.3 is 10.3 Å². The van der Waals surface area contributed by atoms with Crippen LogP contribution in [0.25, 0.3) is 0 Å². The Hall–Kier alpha value is -0.900. The van der Waals surface area contributed by atoms with Crippen molar-refractivity contribution >= 4 is 17.2 Å². The van der Waals surface area contributed by atoms with Gasteiger partial charge in [-0.3, -0.25) is 0 Å². The average Bonchev–Trinajstić information content (AvgIpc) is 2.15. The van der Waals surface area contributed by atoms with Crippen LogP contribution in [0.3, 0.4) is 0 Å². The van der Waals surface area contributed by atoms with Gasteiger partial charge in [0.1, 0.15) is 5.82 Å². The number of nitrogens with two attached hydrogens (primary N) is 1. The second kappa shape index (κ2) is 2.79. The summed E-state index contributed by atoms with van der Waals surface area (Å²) in [6, 6.07) is 0. The summed E-state index contributed by atoms with van der Waals surface area (Å²) in [5, 5.41) is 0. The fraction of sp³-hybridized carbons (Fsp3) is 0.333. The zero-order valence-electron chi connectivity index (χ0n) is 5.74. The van der Waals surface area contributed by atoms with E-state index in [-0.39, 0.29) is 0 Å². The molecule has 0 aliphatic rings. The highest BCUT2D eigenvalue weighted by atomic mass is 32.1. The molecule has 1 aromatic heterocycles. The molecule has 0 saturated carbocycles. The van der Waals surface area contributed by atoms with E-state index in [0.29, 0.717) is 11.4 Å². The van der Waals surface area contributed by atoms with Gasteiger partial charge in [0.2, 0.25) is 0 Å². The van der Waals surface area contributed by atoms with Crippen molar-refractivity contribution in [3.05, 3.63) is 18.2 Å². The van der Waals surface area contributed by atoms with Crippen molar-refractivity contribution in [3.63, 3.8) is 0 Å². The fourth-order valence-corrected chi connectivity index (χ4v) is 0.852. The zero-order chi connectivity index (χ0) is 7.56. The molecule has 10 heavy (non-hydrogen) atoms. The molecule has 0 amide bonds. The second-order valence-electron chi connectivity index (χ2n) is 2.10. The number of aromatic nitrogens is 2. The molecule has 4 heteroatoms. The Labute approximate surface area is 64.9 Å². The molecule has 1 heterocycles. The first kappa shape index (κ1) is 7.21. The number of hydrogen-bond donors (Lipinski definition) is 1. The Bertz CT molecular complexity index is 241. The predicted molar refractivity (Wildman–Crippen MR) is 43.7 cm³/mol. The summed E-state index contributed by atoms with van der Waals surface area (Å²) in [4.78, 5) is 4.53. The summed E-state index contributed by atoms with van der Waals surface area (Å²) < 4.78 is 1.90. The topological polar surface area (TPSA) is 43.8 Å². The van der Waals surface area contributed by atoms with Gasteiger partial charge in [0.05, 0.1) is 11.4 Å². The van der Waals surface area contributed by atoms with E-state index in [2.05, 4.69) is 4.98 Å². The molecule has 0 aliphatic carbocycles. The fourth-order valence-electron chi connectivity index (χ4n) is 0.723. The van der Waals surface area contributed by atoms with Crippen molar-refractivity contribution < 1.29 is 0 Å². The molecule has 0 radical (unpaired) electrons. The van der Waals surface area contributed by atoms with E-state index in [1.807, 2.05) is 17.8 Å². The van der Waals surface area contributed by atoms with Crippen molar-refractivity contribution in [1.82, 2.24) is 9.55 Å². The lowest BCUT2D eigenvalue weighted by atomic mass is 10.4. The highest BCUT2D eigenvalue weighted by molar-refractivity contribution is 7.80. The lowest BCUT2D eigenvalue weighted by Crippen LogP contribution is -2.14. The number of imidazole rings is 1. The standard InChI is InChI=1S/C6H9N3S/c1-9-3-2-8-6(9)4-5(7)10/h2-3H,4H2,1H3,(H2,7,10). The third-order valence-electron chi connectivity index (χ3n) is 1.25.